The van der Waals surface area contributed by atoms with Gasteiger partial charge in [0, 0.05) is 12.3 Å². The van der Waals surface area contributed by atoms with E-state index in [4.69, 9.17) is 17.3 Å². The highest BCUT2D eigenvalue weighted by atomic mass is 35.5. The topological polar surface area (TPSA) is 104 Å². The summed E-state index contributed by atoms with van der Waals surface area (Å²) in [5.74, 6) is 0. The van der Waals surface area contributed by atoms with E-state index >= 15 is 0 Å². The van der Waals surface area contributed by atoms with Crippen molar-refractivity contribution in [3.8, 4) is 0 Å². The number of halogens is 1. The van der Waals surface area contributed by atoms with Gasteiger partial charge in [0.15, 0.2) is 0 Å². The van der Waals surface area contributed by atoms with Gasteiger partial charge in [-0.1, -0.05) is 17.7 Å². The maximum atomic E-state index is 11.5. The van der Waals surface area contributed by atoms with E-state index in [9.17, 15) is 14.9 Å². The van der Waals surface area contributed by atoms with E-state index in [1.165, 1.54) is 29.1 Å². The number of hydrogen-bond donors (Lipinski definition) is 1. The highest BCUT2D eigenvalue weighted by molar-refractivity contribution is 6.30. The predicted molar refractivity (Wildman–Crippen MR) is 70.1 cm³/mol. The Kier molecular flexibility index (Phi) is 3.48. The van der Waals surface area contributed by atoms with Crippen molar-refractivity contribution in [2.75, 3.05) is 5.73 Å². The van der Waals surface area contributed by atoms with Crippen molar-refractivity contribution < 1.29 is 4.92 Å². The molecule has 0 unspecified atom stereocenters. The molecule has 1 heterocycles. The molecule has 7 nitrogen and oxygen atoms in total. The zero-order valence-corrected chi connectivity index (χ0v) is 10.4. The summed E-state index contributed by atoms with van der Waals surface area (Å²) < 4.78 is 1.26. The molecule has 0 fully saturated rings. The van der Waals surface area contributed by atoms with E-state index in [1.807, 2.05) is 0 Å². The number of aromatic nitrogens is 2. The average molecular weight is 281 g/mol. The number of nitro groups is 1. The van der Waals surface area contributed by atoms with Gasteiger partial charge in [-0.2, -0.15) is 0 Å². The lowest BCUT2D eigenvalue weighted by Crippen LogP contribution is -2.22. The molecule has 0 aliphatic heterocycles. The van der Waals surface area contributed by atoms with Crippen molar-refractivity contribution in [3.05, 3.63) is 61.8 Å². The third-order valence-electron chi connectivity index (χ3n) is 2.47. The maximum Gasteiger partial charge on any atom is 0.347 e. The van der Waals surface area contributed by atoms with Crippen molar-refractivity contribution in [3.63, 3.8) is 0 Å². The molecule has 8 heteroatoms. The summed E-state index contributed by atoms with van der Waals surface area (Å²) in [7, 11) is 0. The number of hydrogen-bond acceptors (Lipinski definition) is 5. The van der Waals surface area contributed by atoms with E-state index in [1.54, 1.807) is 6.07 Å². The van der Waals surface area contributed by atoms with Crippen LogP contribution in [0.3, 0.4) is 0 Å². The fourth-order valence-electron chi connectivity index (χ4n) is 1.58. The van der Waals surface area contributed by atoms with Crippen molar-refractivity contribution >= 4 is 23.0 Å². The molecule has 2 rings (SSSR count). The van der Waals surface area contributed by atoms with Crippen LogP contribution in [0.25, 0.3) is 0 Å². The second-order valence-corrected chi connectivity index (χ2v) is 4.27. The number of nitro benzene ring substituents is 1. The third-order valence-corrected chi connectivity index (χ3v) is 2.66. The molecule has 1 aromatic heterocycles. The summed E-state index contributed by atoms with van der Waals surface area (Å²) in [4.78, 5) is 25.3. The quantitative estimate of drug-likeness (QED) is 0.520. The van der Waals surface area contributed by atoms with Crippen LogP contribution < -0.4 is 11.4 Å². The Morgan fingerprint density at radius 1 is 1.47 bits per heavy atom. The van der Waals surface area contributed by atoms with E-state index in [-0.39, 0.29) is 17.9 Å². The number of benzene rings is 1. The molecule has 0 bridgehead atoms. The zero-order valence-electron chi connectivity index (χ0n) is 9.62. The lowest BCUT2D eigenvalue weighted by Gasteiger charge is -2.06. The van der Waals surface area contributed by atoms with Crippen molar-refractivity contribution in [2.24, 2.45) is 0 Å². The number of rotatable bonds is 3. The van der Waals surface area contributed by atoms with Gasteiger partial charge < -0.3 is 5.73 Å². The summed E-state index contributed by atoms with van der Waals surface area (Å²) in [5.41, 5.74) is 5.45. The minimum absolute atomic E-state index is 0.0744. The van der Waals surface area contributed by atoms with Crippen molar-refractivity contribution in [1.29, 1.82) is 0 Å². The zero-order chi connectivity index (χ0) is 14.0. The predicted octanol–water partition coefficient (Wildman–Crippen LogP) is 1.44. The first-order chi connectivity index (χ1) is 8.97. The van der Waals surface area contributed by atoms with Crippen LogP contribution >= 0.6 is 11.6 Å². The summed E-state index contributed by atoms with van der Waals surface area (Å²) in [6.07, 6.45) is 2.66. The minimum Gasteiger partial charge on any atom is -0.393 e. The molecular formula is C11H9ClN4O3. The van der Waals surface area contributed by atoms with E-state index < -0.39 is 10.6 Å². The lowest BCUT2D eigenvalue weighted by atomic mass is 10.1. The first kappa shape index (κ1) is 13.0. The third kappa shape index (κ3) is 2.89. The SMILES string of the molecule is Nc1ccc(Cn2cc(Cl)cnc2=O)cc1[N+](=O)[O-]. The fourth-order valence-corrected chi connectivity index (χ4v) is 1.75. The second-order valence-electron chi connectivity index (χ2n) is 3.83. The van der Waals surface area contributed by atoms with Crippen LogP contribution in [0.1, 0.15) is 5.56 Å². The van der Waals surface area contributed by atoms with Gasteiger partial charge >= 0.3 is 5.69 Å². The molecule has 0 aliphatic carbocycles. The van der Waals surface area contributed by atoms with Gasteiger partial charge in [0.1, 0.15) is 5.69 Å². The Morgan fingerprint density at radius 2 is 2.21 bits per heavy atom. The molecule has 0 amide bonds. The van der Waals surface area contributed by atoms with Gasteiger partial charge in [-0.05, 0) is 11.6 Å². The number of nitrogens with zero attached hydrogens (tertiary/aromatic N) is 3. The number of nitrogen functional groups attached to an aromatic ring is 1. The Labute approximate surface area is 112 Å². The molecule has 0 saturated carbocycles. The van der Waals surface area contributed by atoms with Gasteiger partial charge in [-0.25, -0.2) is 9.78 Å². The molecule has 0 aliphatic rings. The van der Waals surface area contributed by atoms with E-state index in [0.29, 0.717) is 10.6 Å². The summed E-state index contributed by atoms with van der Waals surface area (Å²) >= 11 is 5.74. The lowest BCUT2D eigenvalue weighted by molar-refractivity contribution is -0.384. The van der Waals surface area contributed by atoms with Gasteiger partial charge in [-0.15, -0.1) is 0 Å². The molecule has 0 saturated heterocycles. The second kappa shape index (κ2) is 5.07. The first-order valence-electron chi connectivity index (χ1n) is 5.22. The van der Waals surface area contributed by atoms with Crippen LogP contribution in [-0.4, -0.2) is 14.5 Å². The maximum absolute atomic E-state index is 11.5. The first-order valence-corrected chi connectivity index (χ1v) is 5.60. The average Bonchev–Trinajstić information content (AvgIpc) is 2.36. The molecule has 98 valence electrons. The molecule has 1 aromatic carbocycles. The van der Waals surface area contributed by atoms with Gasteiger partial charge in [0.05, 0.1) is 22.7 Å². The van der Waals surface area contributed by atoms with Gasteiger partial charge in [-0.3, -0.25) is 14.7 Å². The summed E-state index contributed by atoms with van der Waals surface area (Å²) in [5, 5.41) is 11.1. The van der Waals surface area contributed by atoms with Crippen LogP contribution in [0.5, 0.6) is 0 Å². The molecule has 0 atom stereocenters. The monoisotopic (exact) mass is 280 g/mol. The molecular weight excluding hydrogens is 272 g/mol. The number of nitrogens with two attached hydrogens (primary N) is 1. The van der Waals surface area contributed by atoms with Crippen LogP contribution in [0, 0.1) is 10.1 Å². The molecule has 19 heavy (non-hydrogen) atoms. The van der Waals surface area contributed by atoms with Gasteiger partial charge in [0.25, 0.3) is 5.69 Å². The van der Waals surface area contributed by atoms with E-state index in [2.05, 4.69) is 4.98 Å². The molecule has 0 radical (unpaired) electrons. The Morgan fingerprint density at radius 3 is 2.89 bits per heavy atom. The smallest absolute Gasteiger partial charge is 0.347 e. The van der Waals surface area contributed by atoms with Crippen LogP contribution in [0.4, 0.5) is 11.4 Å². The minimum atomic E-state index is -0.572. The van der Waals surface area contributed by atoms with E-state index in [0.717, 1.165) is 0 Å². The Bertz CT molecular complexity index is 699. The van der Waals surface area contributed by atoms with Crippen LogP contribution in [0.2, 0.25) is 5.02 Å². The van der Waals surface area contributed by atoms with Gasteiger partial charge in [0.2, 0.25) is 0 Å². The fraction of sp³-hybridized carbons (Fsp3) is 0.0909. The molecule has 2 aromatic rings. The summed E-state index contributed by atoms with van der Waals surface area (Å²) in [6, 6.07) is 4.36. The van der Waals surface area contributed by atoms with Crippen molar-refractivity contribution in [2.45, 2.75) is 6.54 Å². The Hall–Kier alpha value is -2.41. The highest BCUT2D eigenvalue weighted by Crippen LogP contribution is 2.22. The summed E-state index contributed by atoms with van der Waals surface area (Å²) in [6.45, 7) is 0.132. The number of anilines is 1. The standard InChI is InChI=1S/C11H9ClN4O3/c12-8-4-14-11(17)15(6-8)5-7-1-2-9(13)10(3-7)16(18)19/h1-4,6H,5,13H2. The highest BCUT2D eigenvalue weighted by Gasteiger charge is 2.12. The largest absolute Gasteiger partial charge is 0.393 e. The van der Waals surface area contributed by atoms with Crippen LogP contribution in [-0.2, 0) is 6.54 Å². The molecule has 0 spiro atoms. The molecule has 2 N–H and O–H groups in total. The van der Waals surface area contributed by atoms with Crippen LogP contribution in [0.15, 0.2) is 35.4 Å². The van der Waals surface area contributed by atoms with Crippen molar-refractivity contribution in [1.82, 2.24) is 9.55 Å². The Balaban J connectivity index is 2.39. The normalized spacial score (nSPS) is 10.4.